The largest absolute Gasteiger partial charge is 0.459 e. The molecule has 0 saturated heterocycles. The fraction of sp³-hybridized carbons (Fsp3) is 0.850. The molecule has 150 valence electrons. The van der Waals surface area contributed by atoms with Crippen LogP contribution in [-0.2, 0) is 22.7 Å². The zero-order valence-corrected chi connectivity index (χ0v) is 18.7. The summed E-state index contributed by atoms with van der Waals surface area (Å²) in [5.74, 6) is 0.932. The van der Waals surface area contributed by atoms with Crippen molar-refractivity contribution in [2.45, 2.75) is 92.6 Å². The molecule has 26 heavy (non-hydrogen) atoms. The summed E-state index contributed by atoms with van der Waals surface area (Å²) in [6.45, 7) is 18.9. The molecule has 0 aliphatic carbocycles. The van der Waals surface area contributed by atoms with Crippen molar-refractivity contribution in [2.24, 2.45) is 10.8 Å². The molecule has 0 aromatic carbocycles. The molecule has 0 radical (unpaired) electrons. The Hall–Kier alpha value is -1.04. The smallest absolute Gasteiger partial charge is 0.305 e. The van der Waals surface area contributed by atoms with Crippen LogP contribution >= 0.6 is 11.8 Å². The molecule has 0 N–H and O–H groups in total. The van der Waals surface area contributed by atoms with E-state index >= 15 is 0 Å². The van der Waals surface area contributed by atoms with Gasteiger partial charge in [-0.2, -0.15) is 11.8 Å². The van der Waals surface area contributed by atoms with Gasteiger partial charge in [0.25, 0.3) is 0 Å². The number of ether oxygens (including phenoxy) is 1. The van der Waals surface area contributed by atoms with Crippen LogP contribution in [0, 0.1) is 10.8 Å². The van der Waals surface area contributed by atoms with Gasteiger partial charge in [-0.3, -0.25) is 9.48 Å². The molecule has 0 aliphatic rings. The highest BCUT2D eigenvalue weighted by Gasteiger charge is 2.31. The molecule has 0 atom stereocenters. The summed E-state index contributed by atoms with van der Waals surface area (Å²) < 4.78 is 7.32. The Bertz CT molecular complexity index is 579. The first kappa shape index (κ1) is 23.0. The fourth-order valence-corrected chi connectivity index (χ4v) is 4.16. The van der Waals surface area contributed by atoms with Gasteiger partial charge >= 0.3 is 5.97 Å². The van der Waals surface area contributed by atoms with Crippen LogP contribution in [0.15, 0.2) is 6.20 Å². The van der Waals surface area contributed by atoms with E-state index in [4.69, 9.17) is 4.74 Å². The number of thioether (sulfide) groups is 1. The zero-order valence-electron chi connectivity index (χ0n) is 17.9. The third-order valence-electron chi connectivity index (χ3n) is 4.51. The Labute approximate surface area is 163 Å². The van der Waals surface area contributed by atoms with Crippen LogP contribution in [0.1, 0.15) is 80.3 Å². The van der Waals surface area contributed by atoms with Crippen LogP contribution in [0.5, 0.6) is 0 Å². The van der Waals surface area contributed by atoms with Crippen LogP contribution in [0.4, 0.5) is 0 Å². The van der Waals surface area contributed by atoms with Gasteiger partial charge < -0.3 is 4.74 Å². The number of hydrogen-bond donors (Lipinski definition) is 0. The van der Waals surface area contributed by atoms with Gasteiger partial charge in [-0.25, -0.2) is 0 Å². The maximum atomic E-state index is 11.3. The van der Waals surface area contributed by atoms with E-state index < -0.39 is 0 Å². The number of carbonyl (C=O) groups is 1. The minimum absolute atomic E-state index is 0.103. The van der Waals surface area contributed by atoms with Crippen LogP contribution in [0.25, 0.3) is 0 Å². The highest BCUT2D eigenvalue weighted by Crippen LogP contribution is 2.40. The molecule has 0 aliphatic heterocycles. The van der Waals surface area contributed by atoms with Gasteiger partial charge in [-0.1, -0.05) is 60.6 Å². The van der Waals surface area contributed by atoms with Crippen molar-refractivity contribution in [3.8, 4) is 0 Å². The summed E-state index contributed by atoms with van der Waals surface area (Å²) in [6, 6.07) is 0. The predicted octanol–water partition coefficient (Wildman–Crippen LogP) is 5.10. The SMILES string of the molecule is CCC(=O)OCc1cn(CC(C)(C)CC(C)(C)CSC(C)(C)CC)nn1. The number of esters is 1. The lowest BCUT2D eigenvalue weighted by molar-refractivity contribution is -0.144. The highest BCUT2D eigenvalue weighted by molar-refractivity contribution is 8.00. The summed E-state index contributed by atoms with van der Waals surface area (Å²) >= 11 is 2.06. The van der Waals surface area contributed by atoms with Gasteiger partial charge in [-0.15, -0.1) is 5.10 Å². The lowest BCUT2D eigenvalue weighted by Gasteiger charge is -2.36. The molecule has 6 heteroatoms. The topological polar surface area (TPSA) is 57.0 Å². The summed E-state index contributed by atoms with van der Waals surface area (Å²) in [7, 11) is 0. The average molecular weight is 384 g/mol. The molecule has 0 spiro atoms. The Morgan fingerprint density at radius 2 is 1.81 bits per heavy atom. The van der Waals surface area contributed by atoms with Crippen molar-refractivity contribution in [3.63, 3.8) is 0 Å². The van der Waals surface area contributed by atoms with Gasteiger partial charge in [0.15, 0.2) is 0 Å². The molecule has 1 heterocycles. The van der Waals surface area contributed by atoms with Gasteiger partial charge in [0.2, 0.25) is 0 Å². The minimum atomic E-state index is -0.214. The fourth-order valence-electron chi connectivity index (χ4n) is 3.07. The summed E-state index contributed by atoms with van der Waals surface area (Å²) in [5, 5.41) is 8.32. The highest BCUT2D eigenvalue weighted by atomic mass is 32.2. The van der Waals surface area contributed by atoms with Crippen LogP contribution in [0.3, 0.4) is 0 Å². The van der Waals surface area contributed by atoms with Gasteiger partial charge in [-0.05, 0) is 29.4 Å². The van der Waals surface area contributed by atoms with Gasteiger partial charge in [0.05, 0.1) is 6.20 Å². The third kappa shape index (κ3) is 8.56. The van der Waals surface area contributed by atoms with Crippen molar-refractivity contribution >= 4 is 17.7 Å². The van der Waals surface area contributed by atoms with Crippen LogP contribution in [-0.4, -0.2) is 31.5 Å². The summed E-state index contributed by atoms with van der Waals surface area (Å²) in [4.78, 5) is 11.3. The summed E-state index contributed by atoms with van der Waals surface area (Å²) in [5.41, 5.74) is 1.05. The first-order valence-electron chi connectivity index (χ1n) is 9.57. The lowest BCUT2D eigenvalue weighted by Crippen LogP contribution is -2.30. The van der Waals surface area contributed by atoms with E-state index in [1.807, 2.05) is 10.9 Å². The number of rotatable bonds is 11. The van der Waals surface area contributed by atoms with E-state index in [-0.39, 0.29) is 23.4 Å². The van der Waals surface area contributed by atoms with Gasteiger partial charge in [0.1, 0.15) is 12.3 Å². The molecule has 0 unspecified atom stereocenters. The lowest BCUT2D eigenvalue weighted by atomic mass is 9.76. The van der Waals surface area contributed by atoms with Gasteiger partial charge in [0, 0.05) is 17.7 Å². The summed E-state index contributed by atoms with van der Waals surface area (Å²) in [6.07, 6.45) is 4.55. The van der Waals surface area contributed by atoms with Crippen molar-refractivity contribution in [1.82, 2.24) is 15.0 Å². The van der Waals surface area contributed by atoms with Crippen molar-refractivity contribution in [3.05, 3.63) is 11.9 Å². The zero-order chi connectivity index (χ0) is 20.0. The molecule has 1 aromatic heterocycles. The van der Waals surface area contributed by atoms with Crippen molar-refractivity contribution in [1.29, 1.82) is 0 Å². The molecule has 0 bridgehead atoms. The van der Waals surface area contributed by atoms with E-state index in [9.17, 15) is 4.79 Å². The number of carbonyl (C=O) groups excluding carboxylic acids is 1. The second kappa shape index (κ2) is 9.25. The number of aromatic nitrogens is 3. The molecule has 0 saturated carbocycles. The molecular formula is C20H37N3O2S. The molecule has 1 aromatic rings. The van der Waals surface area contributed by atoms with E-state index in [0.29, 0.717) is 16.9 Å². The monoisotopic (exact) mass is 383 g/mol. The Morgan fingerprint density at radius 3 is 2.38 bits per heavy atom. The first-order chi connectivity index (χ1) is 11.9. The van der Waals surface area contributed by atoms with E-state index in [0.717, 1.165) is 18.7 Å². The molecular weight excluding hydrogens is 346 g/mol. The minimum Gasteiger partial charge on any atom is -0.459 e. The Morgan fingerprint density at radius 1 is 1.15 bits per heavy atom. The maximum absolute atomic E-state index is 11.3. The normalized spacial score (nSPS) is 13.1. The molecule has 1 rings (SSSR count). The quantitative estimate of drug-likeness (QED) is 0.498. The number of nitrogens with zero attached hydrogens (tertiary/aromatic N) is 3. The van der Waals surface area contributed by atoms with E-state index in [2.05, 4.69) is 70.5 Å². The second-order valence-electron chi connectivity index (χ2n) is 9.33. The van der Waals surface area contributed by atoms with Crippen LogP contribution in [0.2, 0.25) is 0 Å². The maximum Gasteiger partial charge on any atom is 0.305 e. The standard InChI is InChI=1S/C20H37N3O2S/c1-9-17(24)25-12-16-11-23(22-21-16)14-18(3,4)13-19(5,6)15-26-20(7,8)10-2/h11H,9-10,12-15H2,1-8H3. The second-order valence-corrected chi connectivity index (χ2v) is 11.0. The number of hydrogen-bond acceptors (Lipinski definition) is 5. The Kier molecular flexibility index (Phi) is 8.18. The third-order valence-corrected chi connectivity index (χ3v) is 6.50. The van der Waals surface area contributed by atoms with Crippen molar-refractivity contribution in [2.75, 3.05) is 5.75 Å². The average Bonchev–Trinajstić information content (AvgIpc) is 2.96. The molecule has 0 fully saturated rings. The predicted molar refractivity (Wildman–Crippen MR) is 109 cm³/mol. The molecule has 5 nitrogen and oxygen atoms in total. The van der Waals surface area contributed by atoms with E-state index in [1.165, 1.54) is 6.42 Å². The first-order valence-corrected chi connectivity index (χ1v) is 10.6. The molecule has 0 amide bonds. The van der Waals surface area contributed by atoms with E-state index in [1.54, 1.807) is 6.92 Å². The Balaban J connectivity index is 2.59. The van der Waals surface area contributed by atoms with Crippen molar-refractivity contribution < 1.29 is 9.53 Å². The van der Waals surface area contributed by atoms with Crippen LogP contribution < -0.4 is 0 Å².